The standard InChI is InChI=1S/C14H24N2OS/c1-6-12(9-18-5)16(4)8-14(17)13-7-10(2)15-11(13)3/h7,12,15H,6,8-9H2,1-5H3. The summed E-state index contributed by atoms with van der Waals surface area (Å²) in [6.45, 7) is 6.61. The van der Waals surface area contributed by atoms with Crippen LogP contribution in [-0.4, -0.2) is 47.3 Å². The van der Waals surface area contributed by atoms with Gasteiger partial charge in [0.1, 0.15) is 0 Å². The lowest BCUT2D eigenvalue weighted by Crippen LogP contribution is -2.37. The first-order chi connectivity index (χ1) is 8.49. The zero-order valence-corrected chi connectivity index (χ0v) is 12.9. The number of thioether (sulfide) groups is 1. The molecule has 1 aromatic rings. The molecule has 1 aromatic heterocycles. The molecular weight excluding hydrogens is 244 g/mol. The van der Waals surface area contributed by atoms with Crippen molar-refractivity contribution in [1.29, 1.82) is 0 Å². The summed E-state index contributed by atoms with van der Waals surface area (Å²) in [5.74, 6) is 1.28. The lowest BCUT2D eigenvalue weighted by molar-refractivity contribution is 0.0924. The second kappa shape index (κ2) is 7.00. The third-order valence-electron chi connectivity index (χ3n) is 3.30. The minimum absolute atomic E-state index is 0.207. The van der Waals surface area contributed by atoms with E-state index in [-0.39, 0.29) is 5.78 Å². The molecule has 18 heavy (non-hydrogen) atoms. The number of carbonyl (C=O) groups excluding carboxylic acids is 1. The molecule has 1 rings (SSSR count). The van der Waals surface area contributed by atoms with Crippen LogP contribution < -0.4 is 0 Å². The van der Waals surface area contributed by atoms with Crippen LogP contribution in [0.25, 0.3) is 0 Å². The van der Waals surface area contributed by atoms with Gasteiger partial charge in [-0.1, -0.05) is 6.92 Å². The maximum absolute atomic E-state index is 12.2. The Labute approximate surface area is 114 Å². The minimum atomic E-state index is 0.207. The lowest BCUT2D eigenvalue weighted by atomic mass is 10.1. The summed E-state index contributed by atoms with van der Waals surface area (Å²) in [4.78, 5) is 17.6. The fourth-order valence-electron chi connectivity index (χ4n) is 2.20. The van der Waals surface area contributed by atoms with Crippen LogP contribution in [0, 0.1) is 13.8 Å². The van der Waals surface area contributed by atoms with Crippen LogP contribution in [0.3, 0.4) is 0 Å². The van der Waals surface area contributed by atoms with Crippen molar-refractivity contribution in [3.8, 4) is 0 Å². The van der Waals surface area contributed by atoms with Gasteiger partial charge in [0.2, 0.25) is 0 Å². The highest BCUT2D eigenvalue weighted by Crippen LogP contribution is 2.13. The van der Waals surface area contributed by atoms with Gasteiger partial charge in [0, 0.05) is 28.7 Å². The molecule has 0 amide bonds. The fourth-order valence-corrected chi connectivity index (χ4v) is 3.08. The van der Waals surface area contributed by atoms with E-state index in [1.165, 1.54) is 0 Å². The molecule has 1 atom stereocenters. The van der Waals surface area contributed by atoms with Crippen molar-refractivity contribution in [2.45, 2.75) is 33.2 Å². The molecule has 0 aliphatic heterocycles. The summed E-state index contributed by atoms with van der Waals surface area (Å²) in [5.41, 5.74) is 2.86. The van der Waals surface area contributed by atoms with Crippen molar-refractivity contribution < 1.29 is 4.79 Å². The molecule has 102 valence electrons. The maximum atomic E-state index is 12.2. The van der Waals surface area contributed by atoms with Crippen molar-refractivity contribution in [1.82, 2.24) is 9.88 Å². The van der Waals surface area contributed by atoms with Crippen molar-refractivity contribution in [2.24, 2.45) is 0 Å². The highest BCUT2D eigenvalue weighted by Gasteiger charge is 2.18. The number of carbonyl (C=O) groups is 1. The number of ketones is 1. The second-order valence-electron chi connectivity index (χ2n) is 4.85. The van der Waals surface area contributed by atoms with Gasteiger partial charge in [-0.15, -0.1) is 0 Å². The van der Waals surface area contributed by atoms with E-state index < -0.39 is 0 Å². The Bertz CT molecular complexity index is 400. The average molecular weight is 268 g/mol. The average Bonchev–Trinajstić information content (AvgIpc) is 2.65. The molecule has 0 spiro atoms. The molecule has 0 radical (unpaired) electrons. The summed E-state index contributed by atoms with van der Waals surface area (Å²) < 4.78 is 0. The highest BCUT2D eigenvalue weighted by atomic mass is 32.2. The number of aryl methyl sites for hydroxylation is 2. The largest absolute Gasteiger partial charge is 0.362 e. The van der Waals surface area contributed by atoms with E-state index in [0.29, 0.717) is 12.6 Å². The number of aromatic nitrogens is 1. The molecule has 0 bridgehead atoms. The molecule has 0 aliphatic rings. The van der Waals surface area contributed by atoms with Crippen molar-refractivity contribution in [2.75, 3.05) is 25.6 Å². The Kier molecular flexibility index (Phi) is 5.96. The monoisotopic (exact) mass is 268 g/mol. The van der Waals surface area contributed by atoms with Gasteiger partial charge in [0.05, 0.1) is 6.54 Å². The van der Waals surface area contributed by atoms with E-state index in [2.05, 4.69) is 23.1 Å². The van der Waals surface area contributed by atoms with Gasteiger partial charge in [-0.25, -0.2) is 0 Å². The smallest absolute Gasteiger partial charge is 0.178 e. The molecule has 0 aromatic carbocycles. The molecule has 0 aliphatic carbocycles. The van der Waals surface area contributed by atoms with E-state index in [1.54, 1.807) is 0 Å². The van der Waals surface area contributed by atoms with Crippen LogP contribution in [0.15, 0.2) is 6.07 Å². The first kappa shape index (κ1) is 15.3. The number of hydrogen-bond donors (Lipinski definition) is 1. The first-order valence-corrected chi connectivity index (χ1v) is 7.77. The summed E-state index contributed by atoms with van der Waals surface area (Å²) >= 11 is 1.83. The molecule has 0 saturated carbocycles. The highest BCUT2D eigenvalue weighted by molar-refractivity contribution is 7.98. The van der Waals surface area contributed by atoms with Gasteiger partial charge in [0.15, 0.2) is 5.78 Å². The van der Waals surface area contributed by atoms with Crippen LogP contribution in [0.1, 0.15) is 35.1 Å². The Balaban J connectivity index is 2.66. The number of likely N-dealkylation sites (N-methyl/N-ethyl adjacent to an activating group) is 1. The van der Waals surface area contributed by atoms with Crippen LogP contribution >= 0.6 is 11.8 Å². The number of Topliss-reactive ketones (excluding diaryl/α,β-unsaturated/α-hetero) is 1. The molecule has 1 unspecified atom stereocenters. The maximum Gasteiger partial charge on any atom is 0.178 e. The Hall–Kier alpha value is -0.740. The Morgan fingerprint density at radius 3 is 2.61 bits per heavy atom. The van der Waals surface area contributed by atoms with Crippen LogP contribution in [0.4, 0.5) is 0 Å². The fraction of sp³-hybridized carbons (Fsp3) is 0.643. The molecule has 3 nitrogen and oxygen atoms in total. The van der Waals surface area contributed by atoms with Gasteiger partial charge < -0.3 is 4.98 Å². The summed E-state index contributed by atoms with van der Waals surface area (Å²) in [5, 5.41) is 0. The molecule has 0 saturated heterocycles. The van der Waals surface area contributed by atoms with Gasteiger partial charge >= 0.3 is 0 Å². The zero-order valence-electron chi connectivity index (χ0n) is 12.0. The van der Waals surface area contributed by atoms with Crippen LogP contribution in [-0.2, 0) is 0 Å². The molecule has 1 N–H and O–H groups in total. The second-order valence-corrected chi connectivity index (χ2v) is 5.76. The lowest BCUT2D eigenvalue weighted by Gasteiger charge is -2.25. The third-order valence-corrected chi connectivity index (χ3v) is 4.01. The van der Waals surface area contributed by atoms with E-state index in [1.807, 2.05) is 38.7 Å². The van der Waals surface area contributed by atoms with Gasteiger partial charge in [0.25, 0.3) is 0 Å². The molecule has 0 fully saturated rings. The van der Waals surface area contributed by atoms with Crippen LogP contribution in [0.2, 0.25) is 0 Å². The number of H-pyrrole nitrogens is 1. The van der Waals surface area contributed by atoms with Crippen molar-refractivity contribution >= 4 is 17.5 Å². The number of nitrogens with one attached hydrogen (secondary N) is 1. The van der Waals surface area contributed by atoms with Crippen molar-refractivity contribution in [3.63, 3.8) is 0 Å². The van der Waals surface area contributed by atoms with E-state index in [9.17, 15) is 4.79 Å². The molecular formula is C14H24N2OS. The van der Waals surface area contributed by atoms with Crippen LogP contribution in [0.5, 0.6) is 0 Å². The predicted octanol–water partition coefficient (Wildman–Crippen LogP) is 2.89. The topological polar surface area (TPSA) is 36.1 Å². The van der Waals surface area contributed by atoms with E-state index in [0.717, 1.165) is 29.1 Å². The molecule has 4 heteroatoms. The number of aromatic amines is 1. The Morgan fingerprint density at radius 1 is 1.50 bits per heavy atom. The quantitative estimate of drug-likeness (QED) is 0.772. The van der Waals surface area contributed by atoms with Gasteiger partial charge in [-0.2, -0.15) is 11.8 Å². The summed E-state index contributed by atoms with van der Waals surface area (Å²) in [6, 6.07) is 2.42. The number of nitrogens with zero attached hydrogens (tertiary/aromatic N) is 1. The van der Waals surface area contributed by atoms with Crippen molar-refractivity contribution in [3.05, 3.63) is 23.0 Å². The predicted molar refractivity (Wildman–Crippen MR) is 79.7 cm³/mol. The summed E-state index contributed by atoms with van der Waals surface area (Å²) in [6.07, 6.45) is 3.19. The third kappa shape index (κ3) is 3.89. The number of hydrogen-bond acceptors (Lipinski definition) is 3. The van der Waals surface area contributed by atoms with E-state index in [4.69, 9.17) is 0 Å². The minimum Gasteiger partial charge on any atom is -0.362 e. The zero-order chi connectivity index (χ0) is 13.7. The Morgan fingerprint density at radius 2 is 2.17 bits per heavy atom. The van der Waals surface area contributed by atoms with Gasteiger partial charge in [-0.3, -0.25) is 9.69 Å². The SMILES string of the molecule is CCC(CSC)N(C)CC(=O)c1cc(C)[nH]c1C. The molecule has 1 heterocycles. The normalized spacial score (nSPS) is 13.0. The van der Waals surface area contributed by atoms with E-state index >= 15 is 0 Å². The number of rotatable bonds is 7. The summed E-state index contributed by atoms with van der Waals surface area (Å²) in [7, 11) is 2.04. The van der Waals surface area contributed by atoms with Gasteiger partial charge in [-0.05, 0) is 39.6 Å². The first-order valence-electron chi connectivity index (χ1n) is 6.38.